The molecule has 0 saturated heterocycles. The van der Waals surface area contributed by atoms with Crippen LogP contribution in [0.3, 0.4) is 0 Å². The van der Waals surface area contributed by atoms with Crippen LogP contribution in [0.4, 0.5) is 14.5 Å². The summed E-state index contributed by atoms with van der Waals surface area (Å²) in [5.74, 6) is -2.32. The van der Waals surface area contributed by atoms with Crippen molar-refractivity contribution in [3.05, 3.63) is 89.2 Å². The molecule has 4 rings (SSSR count). The molecule has 0 aliphatic carbocycles. The van der Waals surface area contributed by atoms with Crippen LogP contribution >= 0.6 is 0 Å². The van der Waals surface area contributed by atoms with Gasteiger partial charge in [-0.2, -0.15) is 0 Å². The van der Waals surface area contributed by atoms with Crippen molar-refractivity contribution in [1.82, 2.24) is 9.38 Å². The fraction of sp³-hybridized carbons (Fsp3) is 0.0909. The van der Waals surface area contributed by atoms with Crippen LogP contribution in [0.5, 0.6) is 0 Å². The lowest BCUT2D eigenvalue weighted by Gasteiger charge is -2.09. The molecular weight excluding hydrogens is 360 g/mol. The predicted octanol–water partition coefficient (Wildman–Crippen LogP) is 5.15. The van der Waals surface area contributed by atoms with E-state index >= 15 is 0 Å². The minimum Gasteiger partial charge on any atom is -0.316 e. The summed E-state index contributed by atoms with van der Waals surface area (Å²) in [6.45, 7) is 3.86. The number of nitrogens with zero attached hydrogens (tertiary/aromatic N) is 2. The first-order valence-corrected chi connectivity index (χ1v) is 8.75. The maximum Gasteiger partial charge on any atom is 0.275 e. The van der Waals surface area contributed by atoms with Gasteiger partial charge in [0.05, 0.1) is 0 Å². The third kappa shape index (κ3) is 3.13. The number of para-hydroxylation sites is 1. The van der Waals surface area contributed by atoms with Gasteiger partial charge in [-0.1, -0.05) is 42.0 Å². The lowest BCUT2D eigenvalue weighted by atomic mass is 10.1. The zero-order chi connectivity index (χ0) is 19.8. The van der Waals surface area contributed by atoms with E-state index in [1.807, 2.05) is 44.2 Å². The second kappa shape index (κ2) is 6.88. The Morgan fingerprint density at radius 2 is 1.57 bits per heavy atom. The minimum absolute atomic E-state index is 0.213. The third-order valence-electron chi connectivity index (χ3n) is 4.51. The summed E-state index contributed by atoms with van der Waals surface area (Å²) in [7, 11) is 0. The molecule has 2 heterocycles. The second-order valence-electron chi connectivity index (χ2n) is 6.66. The Morgan fingerprint density at radius 1 is 0.929 bits per heavy atom. The number of amides is 1. The molecule has 1 N–H and O–H groups in total. The van der Waals surface area contributed by atoms with Crippen LogP contribution in [0.25, 0.3) is 16.9 Å². The fourth-order valence-electron chi connectivity index (χ4n) is 3.07. The molecule has 6 heteroatoms. The Hall–Kier alpha value is -3.54. The summed E-state index contributed by atoms with van der Waals surface area (Å²) in [5.41, 5.74) is 3.48. The van der Waals surface area contributed by atoms with Crippen molar-refractivity contribution in [2.24, 2.45) is 0 Å². The number of pyridine rings is 1. The van der Waals surface area contributed by atoms with Crippen LogP contribution in [-0.2, 0) is 0 Å². The number of rotatable bonds is 3. The number of anilines is 1. The summed E-state index contributed by atoms with van der Waals surface area (Å²) >= 11 is 0. The van der Waals surface area contributed by atoms with Crippen molar-refractivity contribution in [3.8, 4) is 11.3 Å². The van der Waals surface area contributed by atoms with Crippen molar-refractivity contribution >= 4 is 17.2 Å². The number of imidazole rings is 1. The highest BCUT2D eigenvalue weighted by Crippen LogP contribution is 2.27. The molecule has 0 unspecified atom stereocenters. The van der Waals surface area contributed by atoms with Crippen molar-refractivity contribution in [2.45, 2.75) is 13.8 Å². The molecule has 0 aliphatic heterocycles. The molecule has 28 heavy (non-hydrogen) atoms. The second-order valence-corrected chi connectivity index (χ2v) is 6.66. The van der Waals surface area contributed by atoms with Gasteiger partial charge in [0.2, 0.25) is 0 Å². The molecule has 140 valence electrons. The van der Waals surface area contributed by atoms with Crippen LogP contribution in [0.1, 0.15) is 21.6 Å². The van der Waals surface area contributed by atoms with Crippen LogP contribution in [0, 0.1) is 25.5 Å². The Morgan fingerprint density at radius 3 is 2.25 bits per heavy atom. The molecule has 1 amide bonds. The highest BCUT2D eigenvalue weighted by atomic mass is 19.1. The van der Waals surface area contributed by atoms with Crippen molar-refractivity contribution in [1.29, 1.82) is 0 Å². The molecule has 0 aliphatic rings. The van der Waals surface area contributed by atoms with Crippen LogP contribution < -0.4 is 5.32 Å². The maximum atomic E-state index is 14.0. The van der Waals surface area contributed by atoms with E-state index in [1.165, 1.54) is 6.07 Å². The first kappa shape index (κ1) is 17.9. The van der Waals surface area contributed by atoms with Crippen LogP contribution in [0.2, 0.25) is 0 Å². The normalized spacial score (nSPS) is 11.0. The minimum atomic E-state index is -0.838. The number of hydrogen-bond acceptors (Lipinski definition) is 2. The van der Waals surface area contributed by atoms with Crippen LogP contribution in [-0.4, -0.2) is 15.3 Å². The molecule has 0 spiro atoms. The quantitative estimate of drug-likeness (QED) is 0.537. The number of benzene rings is 2. The first-order chi connectivity index (χ1) is 13.4. The smallest absolute Gasteiger partial charge is 0.275 e. The maximum absolute atomic E-state index is 14.0. The highest BCUT2D eigenvalue weighted by Gasteiger charge is 2.23. The number of aromatic nitrogens is 2. The highest BCUT2D eigenvalue weighted by molar-refractivity contribution is 6.07. The number of nitrogens with one attached hydrogen (secondary N) is 1. The Bertz CT molecular complexity index is 1180. The monoisotopic (exact) mass is 377 g/mol. The summed E-state index contributed by atoms with van der Waals surface area (Å²) in [5, 5.41) is 2.36. The molecule has 0 atom stereocenters. The number of aryl methyl sites for hydroxylation is 2. The Labute approximate surface area is 160 Å². The van der Waals surface area contributed by atoms with Crippen molar-refractivity contribution < 1.29 is 13.6 Å². The van der Waals surface area contributed by atoms with E-state index in [1.54, 1.807) is 16.7 Å². The number of carbonyl (C=O) groups is 1. The van der Waals surface area contributed by atoms with Gasteiger partial charge in [-0.05, 0) is 37.6 Å². The van der Waals surface area contributed by atoms with Crippen molar-refractivity contribution in [2.75, 3.05) is 5.32 Å². The third-order valence-corrected chi connectivity index (χ3v) is 4.51. The number of carbonyl (C=O) groups excluding carboxylic acids is 1. The van der Waals surface area contributed by atoms with E-state index in [2.05, 4.69) is 10.3 Å². The van der Waals surface area contributed by atoms with E-state index in [9.17, 15) is 13.6 Å². The van der Waals surface area contributed by atoms with E-state index in [0.717, 1.165) is 28.8 Å². The largest absolute Gasteiger partial charge is 0.316 e. The van der Waals surface area contributed by atoms with Crippen LogP contribution in [0.15, 0.2) is 60.8 Å². The van der Waals surface area contributed by atoms with Gasteiger partial charge in [0.15, 0.2) is 0 Å². The summed E-state index contributed by atoms with van der Waals surface area (Å²) < 4.78 is 29.7. The molecular formula is C22H17F2N3O. The van der Waals surface area contributed by atoms with E-state index < -0.39 is 23.2 Å². The van der Waals surface area contributed by atoms with Gasteiger partial charge in [-0.25, -0.2) is 13.8 Å². The van der Waals surface area contributed by atoms with Gasteiger partial charge in [-0.15, -0.1) is 0 Å². The molecule has 2 aromatic carbocycles. The van der Waals surface area contributed by atoms with E-state index in [-0.39, 0.29) is 5.69 Å². The molecule has 0 bridgehead atoms. The summed E-state index contributed by atoms with van der Waals surface area (Å²) in [6, 6.07) is 14.7. The SMILES string of the molecule is Cc1ccc(-c2nc3ccc(C)cn3c2C(=O)Nc2c(F)cccc2F)cc1. The zero-order valence-corrected chi connectivity index (χ0v) is 15.3. The zero-order valence-electron chi connectivity index (χ0n) is 15.3. The standard InChI is InChI=1S/C22H17F2N3O/c1-13-6-9-15(10-7-13)19-21(27-12-14(2)8-11-18(27)25-19)22(28)26-20-16(23)4-3-5-17(20)24/h3-12H,1-2H3,(H,26,28). The first-order valence-electron chi connectivity index (χ1n) is 8.75. The van der Waals surface area contributed by atoms with Gasteiger partial charge < -0.3 is 5.32 Å². The molecule has 4 aromatic rings. The average molecular weight is 377 g/mol. The lowest BCUT2D eigenvalue weighted by molar-refractivity contribution is 0.102. The summed E-state index contributed by atoms with van der Waals surface area (Å²) in [6.07, 6.45) is 1.77. The van der Waals surface area contributed by atoms with Gasteiger partial charge in [0.25, 0.3) is 5.91 Å². The Balaban J connectivity index is 1.88. The van der Waals surface area contributed by atoms with E-state index in [0.29, 0.717) is 11.3 Å². The molecule has 4 nitrogen and oxygen atoms in total. The number of fused-ring (bicyclic) bond motifs is 1. The predicted molar refractivity (Wildman–Crippen MR) is 104 cm³/mol. The molecule has 0 fully saturated rings. The summed E-state index contributed by atoms with van der Waals surface area (Å²) in [4.78, 5) is 17.6. The molecule has 2 aromatic heterocycles. The topological polar surface area (TPSA) is 46.4 Å². The van der Waals surface area contributed by atoms with Gasteiger partial charge >= 0.3 is 0 Å². The average Bonchev–Trinajstić information content (AvgIpc) is 3.04. The van der Waals surface area contributed by atoms with Gasteiger partial charge in [0.1, 0.15) is 34.4 Å². The number of hydrogen-bond donors (Lipinski definition) is 1. The fourth-order valence-corrected chi connectivity index (χ4v) is 3.07. The van der Waals surface area contributed by atoms with Gasteiger partial charge in [0, 0.05) is 11.8 Å². The van der Waals surface area contributed by atoms with Gasteiger partial charge in [-0.3, -0.25) is 9.20 Å². The Kier molecular flexibility index (Phi) is 4.39. The van der Waals surface area contributed by atoms with Crippen molar-refractivity contribution in [3.63, 3.8) is 0 Å². The molecule has 0 radical (unpaired) electrons. The number of halogens is 2. The molecule has 0 saturated carbocycles. The lowest BCUT2D eigenvalue weighted by Crippen LogP contribution is -2.17. The van der Waals surface area contributed by atoms with E-state index in [4.69, 9.17) is 0 Å².